The number of aryl methyl sites for hydroxylation is 1. The Balaban J connectivity index is 1.48. The van der Waals surface area contributed by atoms with Gasteiger partial charge in [0.2, 0.25) is 0 Å². The van der Waals surface area contributed by atoms with Crippen molar-refractivity contribution in [1.29, 1.82) is 0 Å². The van der Waals surface area contributed by atoms with Crippen LogP contribution in [-0.4, -0.2) is 24.5 Å². The predicted octanol–water partition coefficient (Wildman–Crippen LogP) is 4.89. The highest BCUT2D eigenvalue weighted by Gasteiger charge is 2.31. The van der Waals surface area contributed by atoms with Gasteiger partial charge >= 0.3 is 0 Å². The molecule has 1 aliphatic heterocycles. The third-order valence-electron chi connectivity index (χ3n) is 5.08. The summed E-state index contributed by atoms with van der Waals surface area (Å²) in [6.07, 6.45) is 1.66. The topological polar surface area (TPSA) is 41.6 Å². The summed E-state index contributed by atoms with van der Waals surface area (Å²) in [5, 5.41) is 3.48. The number of para-hydroxylation sites is 2. The molecule has 4 heteroatoms. The zero-order valence-electron chi connectivity index (χ0n) is 16.0. The fraction of sp³-hybridized carbons (Fsp3) is 0.208. The van der Waals surface area contributed by atoms with Crippen LogP contribution in [-0.2, 0) is 6.42 Å². The van der Waals surface area contributed by atoms with E-state index in [2.05, 4.69) is 29.6 Å². The highest BCUT2D eigenvalue weighted by Crippen LogP contribution is 2.35. The molecule has 3 aromatic rings. The quantitative estimate of drug-likeness (QED) is 0.626. The van der Waals surface area contributed by atoms with Crippen LogP contribution in [0.5, 0.6) is 5.75 Å². The fourth-order valence-corrected chi connectivity index (χ4v) is 3.57. The van der Waals surface area contributed by atoms with Crippen LogP contribution < -0.4 is 10.1 Å². The van der Waals surface area contributed by atoms with Crippen LogP contribution in [0.15, 0.2) is 78.9 Å². The van der Waals surface area contributed by atoms with E-state index < -0.39 is 0 Å². The molecule has 1 N–H and O–H groups in total. The van der Waals surface area contributed by atoms with Crippen molar-refractivity contribution in [1.82, 2.24) is 4.90 Å². The van der Waals surface area contributed by atoms with Gasteiger partial charge < -0.3 is 15.0 Å². The number of carbonyl (C=O) groups excluding carboxylic acids is 1. The minimum absolute atomic E-state index is 0.0123. The lowest BCUT2D eigenvalue weighted by Gasteiger charge is -2.36. The molecule has 0 aliphatic carbocycles. The van der Waals surface area contributed by atoms with Crippen LogP contribution in [0.4, 0.5) is 5.69 Å². The van der Waals surface area contributed by atoms with Crippen molar-refractivity contribution >= 4 is 11.6 Å². The van der Waals surface area contributed by atoms with E-state index in [0.717, 1.165) is 29.8 Å². The summed E-state index contributed by atoms with van der Waals surface area (Å²) in [6.45, 7) is 0.632. The average Bonchev–Trinajstić information content (AvgIpc) is 2.75. The van der Waals surface area contributed by atoms with Crippen LogP contribution in [0.1, 0.15) is 34.1 Å². The van der Waals surface area contributed by atoms with Crippen molar-refractivity contribution in [2.24, 2.45) is 0 Å². The van der Waals surface area contributed by atoms with E-state index in [1.54, 1.807) is 4.90 Å². The first-order valence-corrected chi connectivity index (χ1v) is 9.62. The number of rotatable bonds is 6. The number of fused-ring (bicyclic) bond motifs is 1. The number of hydrogen-bond acceptors (Lipinski definition) is 3. The first kappa shape index (κ1) is 18.1. The van der Waals surface area contributed by atoms with Crippen molar-refractivity contribution in [2.45, 2.75) is 19.0 Å². The van der Waals surface area contributed by atoms with Crippen molar-refractivity contribution in [2.75, 3.05) is 19.0 Å². The van der Waals surface area contributed by atoms with Crippen LogP contribution in [0.3, 0.4) is 0 Å². The second kappa shape index (κ2) is 8.17. The molecule has 3 aromatic carbocycles. The van der Waals surface area contributed by atoms with Gasteiger partial charge in [-0.25, -0.2) is 0 Å². The monoisotopic (exact) mass is 372 g/mol. The number of carbonyl (C=O) groups is 1. The molecule has 0 saturated carbocycles. The summed E-state index contributed by atoms with van der Waals surface area (Å²) in [5.41, 5.74) is 3.83. The van der Waals surface area contributed by atoms with E-state index in [4.69, 9.17) is 4.74 Å². The molecule has 0 radical (unpaired) electrons. The smallest absolute Gasteiger partial charge is 0.257 e. The van der Waals surface area contributed by atoms with Gasteiger partial charge in [0.15, 0.2) is 0 Å². The first-order valence-electron chi connectivity index (χ1n) is 9.62. The maximum absolute atomic E-state index is 12.8. The Kier molecular flexibility index (Phi) is 5.29. The Morgan fingerprint density at radius 3 is 2.50 bits per heavy atom. The summed E-state index contributed by atoms with van der Waals surface area (Å²) in [4.78, 5) is 14.5. The third-order valence-corrected chi connectivity index (χ3v) is 5.08. The molecule has 4 rings (SSSR count). The summed E-state index contributed by atoms with van der Waals surface area (Å²) in [5.74, 6) is 0.824. The van der Waals surface area contributed by atoms with Crippen molar-refractivity contribution < 1.29 is 9.53 Å². The summed E-state index contributed by atoms with van der Waals surface area (Å²) in [6, 6.07) is 26.0. The van der Waals surface area contributed by atoms with E-state index in [1.807, 2.05) is 61.6 Å². The molecule has 1 aliphatic rings. The average molecular weight is 372 g/mol. The summed E-state index contributed by atoms with van der Waals surface area (Å²) < 4.78 is 6.11. The molecular formula is C24H24N2O2. The molecular weight excluding hydrogens is 348 g/mol. The minimum atomic E-state index is -0.257. The Hall–Kier alpha value is -3.27. The number of hydrogen-bond donors (Lipinski definition) is 1. The number of ether oxygens (including phenoxy) is 1. The SMILES string of the molecule is CN1C(=O)c2ccccc2NC1c1ccccc1OCCCc1ccccc1. The maximum Gasteiger partial charge on any atom is 0.257 e. The maximum atomic E-state index is 12.8. The number of amides is 1. The van der Waals surface area contributed by atoms with Crippen LogP contribution in [0, 0.1) is 0 Å². The molecule has 0 aromatic heterocycles. The minimum Gasteiger partial charge on any atom is -0.493 e. The zero-order valence-corrected chi connectivity index (χ0v) is 16.0. The van der Waals surface area contributed by atoms with Gasteiger partial charge in [-0.15, -0.1) is 0 Å². The molecule has 0 spiro atoms. The number of nitrogens with one attached hydrogen (secondary N) is 1. The van der Waals surface area contributed by atoms with Gasteiger partial charge in [-0.3, -0.25) is 4.79 Å². The Labute approximate surface area is 165 Å². The van der Waals surface area contributed by atoms with Gasteiger partial charge in [0, 0.05) is 18.3 Å². The Morgan fingerprint density at radius 1 is 0.929 bits per heavy atom. The second-order valence-corrected chi connectivity index (χ2v) is 6.98. The Bertz CT molecular complexity index is 956. The van der Waals surface area contributed by atoms with Crippen molar-refractivity contribution in [3.63, 3.8) is 0 Å². The fourth-order valence-electron chi connectivity index (χ4n) is 3.57. The van der Waals surface area contributed by atoms with E-state index in [0.29, 0.717) is 12.2 Å². The van der Waals surface area contributed by atoms with Gasteiger partial charge in [0.05, 0.1) is 12.2 Å². The van der Waals surface area contributed by atoms with E-state index >= 15 is 0 Å². The highest BCUT2D eigenvalue weighted by atomic mass is 16.5. The second-order valence-electron chi connectivity index (χ2n) is 6.98. The van der Waals surface area contributed by atoms with Gasteiger partial charge in [-0.1, -0.05) is 60.7 Å². The molecule has 1 atom stereocenters. The van der Waals surface area contributed by atoms with Gasteiger partial charge in [-0.05, 0) is 36.6 Å². The normalized spacial score (nSPS) is 15.7. The van der Waals surface area contributed by atoms with Crippen molar-refractivity contribution in [3.05, 3.63) is 95.6 Å². The molecule has 4 nitrogen and oxygen atoms in total. The summed E-state index contributed by atoms with van der Waals surface area (Å²) in [7, 11) is 1.82. The lowest BCUT2D eigenvalue weighted by atomic mass is 10.0. The van der Waals surface area contributed by atoms with Gasteiger partial charge in [0.1, 0.15) is 11.9 Å². The van der Waals surface area contributed by atoms with Crippen LogP contribution in [0.25, 0.3) is 0 Å². The van der Waals surface area contributed by atoms with Gasteiger partial charge in [-0.2, -0.15) is 0 Å². The number of benzene rings is 3. The van der Waals surface area contributed by atoms with Crippen LogP contribution >= 0.6 is 0 Å². The summed E-state index contributed by atoms with van der Waals surface area (Å²) >= 11 is 0. The third kappa shape index (κ3) is 3.72. The lowest BCUT2D eigenvalue weighted by molar-refractivity contribution is 0.0733. The van der Waals surface area contributed by atoms with E-state index in [-0.39, 0.29) is 12.1 Å². The largest absolute Gasteiger partial charge is 0.493 e. The molecule has 0 saturated heterocycles. The standard InChI is InChI=1S/C24H24N2O2/c1-26-23(25-21-15-7-5-13-19(21)24(26)27)20-14-6-8-16-22(20)28-17-9-12-18-10-3-2-4-11-18/h2-8,10-11,13-16,23,25H,9,12,17H2,1H3. The first-order chi connectivity index (χ1) is 13.7. The van der Waals surface area contributed by atoms with E-state index in [1.165, 1.54) is 5.56 Å². The van der Waals surface area contributed by atoms with E-state index in [9.17, 15) is 4.79 Å². The molecule has 0 bridgehead atoms. The predicted molar refractivity (Wildman–Crippen MR) is 112 cm³/mol. The molecule has 142 valence electrons. The molecule has 1 amide bonds. The van der Waals surface area contributed by atoms with Gasteiger partial charge in [0.25, 0.3) is 5.91 Å². The Morgan fingerprint density at radius 2 is 1.64 bits per heavy atom. The molecule has 0 fully saturated rings. The molecule has 28 heavy (non-hydrogen) atoms. The molecule has 1 heterocycles. The van der Waals surface area contributed by atoms with Crippen molar-refractivity contribution in [3.8, 4) is 5.75 Å². The zero-order chi connectivity index (χ0) is 19.3. The van der Waals surface area contributed by atoms with Crippen LogP contribution in [0.2, 0.25) is 0 Å². The molecule has 1 unspecified atom stereocenters. The highest BCUT2D eigenvalue weighted by molar-refractivity contribution is 6.01. The lowest BCUT2D eigenvalue weighted by Crippen LogP contribution is -2.40. The number of anilines is 1. The number of nitrogens with zero attached hydrogens (tertiary/aromatic N) is 1.